The number of ether oxygens (including phenoxy) is 1. The van der Waals surface area contributed by atoms with E-state index in [1.807, 2.05) is 0 Å². The third-order valence-electron chi connectivity index (χ3n) is 3.40. The number of aliphatic hydroxyl groups excluding tert-OH is 1. The number of hydrogen-bond donors (Lipinski definition) is 3. The summed E-state index contributed by atoms with van der Waals surface area (Å²) in [5, 5.41) is 12.2. The highest BCUT2D eigenvalue weighted by Gasteiger charge is 2.20. The number of amides is 1. The number of benzene rings is 1. The van der Waals surface area contributed by atoms with Crippen molar-refractivity contribution in [3.63, 3.8) is 0 Å². The molecule has 1 unspecified atom stereocenters. The summed E-state index contributed by atoms with van der Waals surface area (Å²) in [6.45, 7) is 2.14. The van der Waals surface area contributed by atoms with Gasteiger partial charge in [-0.1, -0.05) is 0 Å². The van der Waals surface area contributed by atoms with Crippen molar-refractivity contribution < 1.29 is 14.6 Å². The van der Waals surface area contributed by atoms with Crippen LogP contribution in [0.5, 0.6) is 5.75 Å². The van der Waals surface area contributed by atoms with Crippen LogP contribution in [0, 0.1) is 0 Å². The van der Waals surface area contributed by atoms with Crippen molar-refractivity contribution in [2.45, 2.75) is 18.9 Å². The SMILES string of the molecule is COc1ccc(N)cc1NC(=O)CCN1CCC(O)C1. The minimum absolute atomic E-state index is 0.0877. The summed E-state index contributed by atoms with van der Waals surface area (Å²) in [6, 6.07) is 5.12. The van der Waals surface area contributed by atoms with E-state index in [4.69, 9.17) is 10.5 Å². The van der Waals surface area contributed by atoms with Crippen LogP contribution in [0.25, 0.3) is 0 Å². The van der Waals surface area contributed by atoms with Gasteiger partial charge >= 0.3 is 0 Å². The lowest BCUT2D eigenvalue weighted by Gasteiger charge is -2.15. The first-order chi connectivity index (χ1) is 9.58. The Balaban J connectivity index is 1.86. The number of methoxy groups -OCH3 is 1. The maximum atomic E-state index is 11.9. The third kappa shape index (κ3) is 3.85. The molecule has 1 aromatic carbocycles. The highest BCUT2D eigenvalue weighted by atomic mass is 16.5. The molecule has 0 spiro atoms. The average Bonchev–Trinajstić information content (AvgIpc) is 2.83. The van der Waals surface area contributed by atoms with Gasteiger partial charge in [0, 0.05) is 31.7 Å². The first kappa shape index (κ1) is 14.6. The summed E-state index contributed by atoms with van der Waals surface area (Å²) in [7, 11) is 1.55. The van der Waals surface area contributed by atoms with Crippen molar-refractivity contribution in [1.29, 1.82) is 0 Å². The summed E-state index contributed by atoms with van der Waals surface area (Å²) in [5.74, 6) is 0.499. The molecule has 1 amide bonds. The topological polar surface area (TPSA) is 87.8 Å². The standard InChI is InChI=1S/C14H21N3O3/c1-20-13-3-2-10(15)8-12(13)16-14(19)5-7-17-6-4-11(18)9-17/h2-3,8,11,18H,4-7,9,15H2,1H3,(H,16,19). The van der Waals surface area contributed by atoms with E-state index in [0.29, 0.717) is 36.6 Å². The molecule has 0 radical (unpaired) electrons. The summed E-state index contributed by atoms with van der Waals surface area (Å²) in [6.07, 6.45) is 0.905. The van der Waals surface area contributed by atoms with Gasteiger partial charge in [-0.05, 0) is 24.6 Å². The second-order valence-corrected chi connectivity index (χ2v) is 5.00. The highest BCUT2D eigenvalue weighted by molar-refractivity contribution is 5.93. The average molecular weight is 279 g/mol. The highest BCUT2D eigenvalue weighted by Crippen LogP contribution is 2.26. The van der Waals surface area contributed by atoms with Gasteiger partial charge in [-0.2, -0.15) is 0 Å². The van der Waals surface area contributed by atoms with E-state index in [-0.39, 0.29) is 12.0 Å². The molecule has 0 saturated carbocycles. The van der Waals surface area contributed by atoms with E-state index in [1.165, 1.54) is 0 Å². The van der Waals surface area contributed by atoms with Gasteiger partial charge in [-0.3, -0.25) is 4.79 Å². The molecule has 1 aromatic rings. The Morgan fingerprint density at radius 2 is 2.40 bits per heavy atom. The van der Waals surface area contributed by atoms with Gasteiger partial charge in [0.05, 0.1) is 18.9 Å². The second kappa shape index (κ2) is 6.58. The van der Waals surface area contributed by atoms with E-state index >= 15 is 0 Å². The van der Waals surface area contributed by atoms with Gasteiger partial charge < -0.3 is 25.8 Å². The Hall–Kier alpha value is -1.79. The number of rotatable bonds is 5. The number of anilines is 2. The summed E-state index contributed by atoms with van der Waals surface area (Å²) >= 11 is 0. The predicted octanol–water partition coefficient (Wildman–Crippen LogP) is 0.673. The number of carbonyl (C=O) groups is 1. The Labute approximate surface area is 118 Å². The van der Waals surface area contributed by atoms with Gasteiger partial charge in [-0.25, -0.2) is 0 Å². The predicted molar refractivity (Wildman–Crippen MR) is 77.7 cm³/mol. The fourth-order valence-electron chi connectivity index (χ4n) is 2.31. The number of nitrogen functional groups attached to an aromatic ring is 1. The second-order valence-electron chi connectivity index (χ2n) is 5.00. The normalized spacial score (nSPS) is 19.0. The zero-order chi connectivity index (χ0) is 14.5. The van der Waals surface area contributed by atoms with Gasteiger partial charge in [-0.15, -0.1) is 0 Å². The molecule has 1 saturated heterocycles. The van der Waals surface area contributed by atoms with Crippen LogP contribution in [0.3, 0.4) is 0 Å². The lowest BCUT2D eigenvalue weighted by molar-refractivity contribution is -0.116. The molecule has 1 atom stereocenters. The molecule has 6 nitrogen and oxygen atoms in total. The van der Waals surface area contributed by atoms with Gasteiger partial charge in [0.1, 0.15) is 5.75 Å². The van der Waals surface area contributed by atoms with E-state index in [0.717, 1.165) is 13.0 Å². The van der Waals surface area contributed by atoms with E-state index in [9.17, 15) is 9.90 Å². The number of nitrogens with one attached hydrogen (secondary N) is 1. The molecule has 1 aliphatic rings. The van der Waals surface area contributed by atoms with Crippen LogP contribution in [0.15, 0.2) is 18.2 Å². The van der Waals surface area contributed by atoms with E-state index < -0.39 is 0 Å². The van der Waals surface area contributed by atoms with Crippen LogP contribution in [-0.4, -0.2) is 48.8 Å². The molecular weight excluding hydrogens is 258 g/mol. The van der Waals surface area contributed by atoms with Crippen LogP contribution >= 0.6 is 0 Å². The fraction of sp³-hybridized carbons (Fsp3) is 0.500. The minimum atomic E-state index is -0.257. The van der Waals surface area contributed by atoms with Gasteiger partial charge in [0.2, 0.25) is 5.91 Å². The molecule has 1 fully saturated rings. The maximum Gasteiger partial charge on any atom is 0.225 e. The molecule has 1 aliphatic heterocycles. The van der Waals surface area contributed by atoms with Gasteiger partial charge in [0.25, 0.3) is 0 Å². The van der Waals surface area contributed by atoms with E-state index in [1.54, 1.807) is 25.3 Å². The van der Waals surface area contributed by atoms with Crippen LogP contribution < -0.4 is 15.8 Å². The summed E-state index contributed by atoms with van der Waals surface area (Å²) in [5.41, 5.74) is 6.86. The molecule has 4 N–H and O–H groups in total. The summed E-state index contributed by atoms with van der Waals surface area (Å²) < 4.78 is 5.18. The number of carbonyl (C=O) groups excluding carboxylic acids is 1. The number of likely N-dealkylation sites (tertiary alicyclic amines) is 1. The van der Waals surface area contributed by atoms with Crippen LogP contribution in [0.2, 0.25) is 0 Å². The third-order valence-corrected chi connectivity index (χ3v) is 3.40. The smallest absolute Gasteiger partial charge is 0.225 e. The van der Waals surface area contributed by atoms with Crippen LogP contribution in [0.4, 0.5) is 11.4 Å². The van der Waals surface area contributed by atoms with Crippen molar-refractivity contribution in [2.75, 3.05) is 37.8 Å². The van der Waals surface area contributed by atoms with Crippen LogP contribution in [0.1, 0.15) is 12.8 Å². The lowest BCUT2D eigenvalue weighted by atomic mass is 10.2. The molecule has 0 aromatic heterocycles. The molecular formula is C14H21N3O3. The fourth-order valence-corrected chi connectivity index (χ4v) is 2.31. The van der Waals surface area contributed by atoms with Crippen LogP contribution in [-0.2, 0) is 4.79 Å². The number of aliphatic hydroxyl groups is 1. The Morgan fingerprint density at radius 3 is 3.05 bits per heavy atom. The Bertz CT molecular complexity index is 479. The number of nitrogens with two attached hydrogens (primary N) is 1. The van der Waals surface area contributed by atoms with Crippen molar-refractivity contribution in [2.24, 2.45) is 0 Å². The van der Waals surface area contributed by atoms with E-state index in [2.05, 4.69) is 10.2 Å². The Morgan fingerprint density at radius 1 is 1.60 bits per heavy atom. The zero-order valence-electron chi connectivity index (χ0n) is 11.6. The number of hydrogen-bond acceptors (Lipinski definition) is 5. The molecule has 2 rings (SSSR count). The monoisotopic (exact) mass is 279 g/mol. The number of nitrogens with zero attached hydrogens (tertiary/aromatic N) is 1. The van der Waals surface area contributed by atoms with Crippen molar-refractivity contribution in [3.05, 3.63) is 18.2 Å². The molecule has 0 aliphatic carbocycles. The lowest BCUT2D eigenvalue weighted by Crippen LogP contribution is -2.26. The van der Waals surface area contributed by atoms with Crippen molar-refractivity contribution in [1.82, 2.24) is 4.90 Å². The largest absolute Gasteiger partial charge is 0.495 e. The minimum Gasteiger partial charge on any atom is -0.495 e. The first-order valence-corrected chi connectivity index (χ1v) is 6.72. The molecule has 20 heavy (non-hydrogen) atoms. The van der Waals surface area contributed by atoms with Crippen molar-refractivity contribution in [3.8, 4) is 5.75 Å². The molecule has 6 heteroatoms. The maximum absolute atomic E-state index is 11.9. The molecule has 0 bridgehead atoms. The molecule has 110 valence electrons. The zero-order valence-corrected chi connectivity index (χ0v) is 11.6. The van der Waals surface area contributed by atoms with Crippen molar-refractivity contribution >= 4 is 17.3 Å². The van der Waals surface area contributed by atoms with Gasteiger partial charge in [0.15, 0.2) is 0 Å². The Kier molecular flexibility index (Phi) is 4.81. The quantitative estimate of drug-likeness (QED) is 0.690. The first-order valence-electron chi connectivity index (χ1n) is 6.72. The number of β-amino-alcohol motifs (C(OH)–C–C–N with tert-alkyl or cyclic N) is 1. The molecule has 1 heterocycles. The summed E-state index contributed by atoms with van der Waals surface area (Å²) in [4.78, 5) is 14.0.